The first-order valence-electron chi connectivity index (χ1n) is 7.39. The van der Waals surface area contributed by atoms with Crippen LogP contribution in [0.2, 0.25) is 0 Å². The minimum absolute atomic E-state index is 0.141. The second kappa shape index (κ2) is 8.00. The van der Waals surface area contributed by atoms with E-state index in [1.54, 1.807) is 7.11 Å². The highest BCUT2D eigenvalue weighted by atomic mass is 31.1. The number of methoxy groups -OCH3 is 1. The summed E-state index contributed by atoms with van der Waals surface area (Å²) in [6, 6.07) is 8.52. The number of hydrogen-bond acceptors (Lipinski definition) is 2. The SMILES string of the molecule is CCCC(OC)Oc1ccc(C(PC)C(C)(C)C)cc1. The Labute approximate surface area is 126 Å². The topological polar surface area (TPSA) is 18.5 Å². The van der Waals surface area contributed by atoms with Crippen LogP contribution in [-0.2, 0) is 4.74 Å². The molecule has 0 saturated heterocycles. The Morgan fingerprint density at radius 3 is 2.15 bits per heavy atom. The highest BCUT2D eigenvalue weighted by Crippen LogP contribution is 2.46. The second-order valence-corrected chi connectivity index (χ2v) is 7.38. The lowest BCUT2D eigenvalue weighted by Gasteiger charge is -2.30. The zero-order valence-electron chi connectivity index (χ0n) is 13.7. The van der Waals surface area contributed by atoms with Crippen LogP contribution in [-0.4, -0.2) is 20.1 Å². The van der Waals surface area contributed by atoms with Gasteiger partial charge >= 0.3 is 0 Å². The fourth-order valence-electron chi connectivity index (χ4n) is 2.45. The van der Waals surface area contributed by atoms with Crippen molar-refractivity contribution in [3.8, 4) is 5.75 Å². The third-order valence-corrected chi connectivity index (χ3v) is 5.20. The minimum atomic E-state index is -0.141. The number of rotatable bonds is 7. The van der Waals surface area contributed by atoms with Crippen LogP contribution in [0.4, 0.5) is 0 Å². The van der Waals surface area contributed by atoms with Crippen LogP contribution in [0.3, 0.4) is 0 Å². The van der Waals surface area contributed by atoms with Gasteiger partial charge in [0.05, 0.1) is 0 Å². The Balaban J connectivity index is 2.77. The van der Waals surface area contributed by atoms with Gasteiger partial charge in [0.25, 0.3) is 0 Å². The molecule has 0 aliphatic carbocycles. The van der Waals surface area contributed by atoms with Crippen LogP contribution < -0.4 is 4.74 Å². The van der Waals surface area contributed by atoms with Crippen LogP contribution in [0.1, 0.15) is 51.8 Å². The van der Waals surface area contributed by atoms with Crippen molar-refractivity contribution in [2.45, 2.75) is 52.5 Å². The Kier molecular flexibility index (Phi) is 6.99. The maximum atomic E-state index is 5.84. The second-order valence-electron chi connectivity index (χ2n) is 6.23. The van der Waals surface area contributed by atoms with Gasteiger partial charge in [0, 0.05) is 19.2 Å². The molecule has 0 N–H and O–H groups in total. The summed E-state index contributed by atoms with van der Waals surface area (Å²) in [5.41, 5.74) is 2.30. The average Bonchev–Trinajstić information content (AvgIpc) is 2.39. The normalized spacial score (nSPS) is 15.5. The first-order valence-corrected chi connectivity index (χ1v) is 8.96. The summed E-state index contributed by atoms with van der Waals surface area (Å²) in [5.74, 6) is 0.890. The van der Waals surface area contributed by atoms with Crippen molar-refractivity contribution in [3.63, 3.8) is 0 Å². The average molecular weight is 296 g/mol. The lowest BCUT2D eigenvalue weighted by atomic mass is 9.87. The predicted molar refractivity (Wildman–Crippen MR) is 89.2 cm³/mol. The standard InChI is InChI=1S/C17H29O2P/c1-7-8-15(18-5)19-14-11-9-13(10-12-14)16(20-6)17(2,3)4/h9-12,15-16,20H,7-8H2,1-6H3. The maximum Gasteiger partial charge on any atom is 0.199 e. The molecule has 114 valence electrons. The molecule has 0 spiro atoms. The van der Waals surface area contributed by atoms with Gasteiger partial charge in [-0.2, -0.15) is 0 Å². The molecule has 3 heteroatoms. The molecular weight excluding hydrogens is 267 g/mol. The Hall–Kier alpha value is -0.590. The van der Waals surface area contributed by atoms with Crippen molar-refractivity contribution in [1.29, 1.82) is 0 Å². The fraction of sp³-hybridized carbons (Fsp3) is 0.647. The van der Waals surface area contributed by atoms with Crippen LogP contribution in [0.15, 0.2) is 24.3 Å². The van der Waals surface area contributed by atoms with E-state index >= 15 is 0 Å². The molecule has 1 aromatic carbocycles. The van der Waals surface area contributed by atoms with Crippen molar-refractivity contribution in [1.82, 2.24) is 0 Å². The van der Waals surface area contributed by atoms with E-state index in [0.29, 0.717) is 11.1 Å². The lowest BCUT2D eigenvalue weighted by Crippen LogP contribution is -2.18. The molecule has 0 amide bonds. The summed E-state index contributed by atoms with van der Waals surface area (Å²) in [6.07, 6.45) is 1.83. The molecule has 0 aliphatic rings. The van der Waals surface area contributed by atoms with E-state index < -0.39 is 0 Å². The Morgan fingerprint density at radius 1 is 1.15 bits per heavy atom. The van der Waals surface area contributed by atoms with E-state index in [0.717, 1.165) is 27.2 Å². The molecule has 0 aromatic heterocycles. The van der Waals surface area contributed by atoms with Gasteiger partial charge in [-0.05, 0) is 29.8 Å². The highest BCUT2D eigenvalue weighted by Gasteiger charge is 2.24. The first-order chi connectivity index (χ1) is 9.42. The van der Waals surface area contributed by atoms with Gasteiger partial charge in [0.1, 0.15) is 5.75 Å². The van der Waals surface area contributed by atoms with Crippen molar-refractivity contribution in [2.24, 2.45) is 5.41 Å². The van der Waals surface area contributed by atoms with E-state index in [9.17, 15) is 0 Å². The third kappa shape index (κ3) is 5.07. The van der Waals surface area contributed by atoms with Crippen molar-refractivity contribution < 1.29 is 9.47 Å². The molecule has 0 saturated carbocycles. The molecule has 2 nitrogen and oxygen atoms in total. The highest BCUT2D eigenvalue weighted by molar-refractivity contribution is 7.37. The van der Waals surface area contributed by atoms with E-state index in [1.807, 2.05) is 0 Å². The quantitative estimate of drug-likeness (QED) is 0.506. The molecule has 1 rings (SSSR count). The molecule has 0 heterocycles. The van der Waals surface area contributed by atoms with Gasteiger partial charge in [0.15, 0.2) is 6.29 Å². The zero-order valence-corrected chi connectivity index (χ0v) is 14.7. The predicted octanol–water partition coefficient (Wildman–Crippen LogP) is 5.23. The van der Waals surface area contributed by atoms with Gasteiger partial charge in [-0.25, -0.2) is 0 Å². The van der Waals surface area contributed by atoms with Gasteiger partial charge in [-0.1, -0.05) is 46.2 Å². The van der Waals surface area contributed by atoms with Crippen LogP contribution in [0.5, 0.6) is 5.75 Å². The molecule has 3 atom stereocenters. The smallest absolute Gasteiger partial charge is 0.199 e. The number of hydrogen-bond donors (Lipinski definition) is 0. The fourth-order valence-corrected chi connectivity index (χ4v) is 3.84. The van der Waals surface area contributed by atoms with Gasteiger partial charge in [0.2, 0.25) is 0 Å². The van der Waals surface area contributed by atoms with E-state index in [1.165, 1.54) is 5.56 Å². The molecule has 3 unspecified atom stereocenters. The molecule has 20 heavy (non-hydrogen) atoms. The van der Waals surface area contributed by atoms with Crippen molar-refractivity contribution in [3.05, 3.63) is 29.8 Å². The molecular formula is C17H29O2P. The lowest BCUT2D eigenvalue weighted by molar-refractivity contribution is -0.0584. The summed E-state index contributed by atoms with van der Waals surface area (Å²) in [6.45, 7) is 11.3. The maximum absolute atomic E-state index is 5.84. The summed E-state index contributed by atoms with van der Waals surface area (Å²) < 4.78 is 11.2. The first kappa shape index (κ1) is 17.5. The van der Waals surface area contributed by atoms with Gasteiger partial charge in [-0.3, -0.25) is 0 Å². The van der Waals surface area contributed by atoms with Gasteiger partial charge in [-0.15, -0.1) is 8.58 Å². The molecule has 0 aliphatic heterocycles. The van der Waals surface area contributed by atoms with Crippen molar-refractivity contribution >= 4 is 8.58 Å². The summed E-state index contributed by atoms with van der Waals surface area (Å²) in [5, 5.41) is 0. The Morgan fingerprint density at radius 2 is 1.75 bits per heavy atom. The molecule has 0 bridgehead atoms. The van der Waals surface area contributed by atoms with Crippen LogP contribution in [0.25, 0.3) is 0 Å². The molecule has 1 aromatic rings. The van der Waals surface area contributed by atoms with E-state index in [-0.39, 0.29) is 6.29 Å². The largest absolute Gasteiger partial charge is 0.465 e. The summed E-state index contributed by atoms with van der Waals surface area (Å²) in [4.78, 5) is 0. The van der Waals surface area contributed by atoms with E-state index in [2.05, 4.69) is 58.6 Å². The minimum Gasteiger partial charge on any atom is -0.465 e. The van der Waals surface area contributed by atoms with E-state index in [4.69, 9.17) is 9.47 Å². The monoisotopic (exact) mass is 296 g/mol. The third-order valence-electron chi connectivity index (χ3n) is 3.42. The molecule has 0 radical (unpaired) electrons. The van der Waals surface area contributed by atoms with Crippen LogP contribution in [0, 0.1) is 5.41 Å². The van der Waals surface area contributed by atoms with Crippen molar-refractivity contribution in [2.75, 3.05) is 13.8 Å². The number of ether oxygens (including phenoxy) is 2. The van der Waals surface area contributed by atoms with Crippen LogP contribution >= 0.6 is 8.58 Å². The van der Waals surface area contributed by atoms with Gasteiger partial charge < -0.3 is 9.47 Å². The zero-order chi connectivity index (χ0) is 15.2. The Bertz CT molecular complexity index is 381. The summed E-state index contributed by atoms with van der Waals surface area (Å²) >= 11 is 0. The molecule has 0 fully saturated rings. The summed E-state index contributed by atoms with van der Waals surface area (Å²) in [7, 11) is 2.60. The number of benzene rings is 1.